The number of hydrogen-bond donors (Lipinski definition) is 0. The van der Waals surface area contributed by atoms with Crippen molar-refractivity contribution >= 4 is 23.5 Å². The maximum atomic E-state index is 12.9. The number of anilines is 1. The van der Waals surface area contributed by atoms with E-state index in [0.717, 1.165) is 29.5 Å². The van der Waals surface area contributed by atoms with Crippen molar-refractivity contribution in [3.63, 3.8) is 0 Å². The number of carbonyl (C=O) groups excluding carboxylic acids is 1. The summed E-state index contributed by atoms with van der Waals surface area (Å²) < 4.78 is 5.16. The van der Waals surface area contributed by atoms with Gasteiger partial charge >= 0.3 is 0 Å². The molecule has 0 saturated carbocycles. The fourth-order valence-electron chi connectivity index (χ4n) is 3.25. The van der Waals surface area contributed by atoms with E-state index in [-0.39, 0.29) is 5.91 Å². The highest BCUT2D eigenvalue weighted by atomic mass is 32.2. The van der Waals surface area contributed by atoms with E-state index < -0.39 is 0 Å². The van der Waals surface area contributed by atoms with Crippen LogP contribution >= 0.6 is 11.8 Å². The Bertz CT molecular complexity index is 983. The van der Waals surface area contributed by atoms with Crippen LogP contribution in [0.25, 0.3) is 11.4 Å². The Balaban J connectivity index is 1.40. The third-order valence-electron chi connectivity index (χ3n) is 4.86. The average molecular weight is 411 g/mol. The molecule has 4 heterocycles. The van der Waals surface area contributed by atoms with E-state index in [1.807, 2.05) is 42.3 Å². The number of aromatic nitrogens is 4. The van der Waals surface area contributed by atoms with Gasteiger partial charge in [0.15, 0.2) is 0 Å². The summed E-state index contributed by atoms with van der Waals surface area (Å²) in [6.07, 6.45) is 6.12. The molecule has 0 unspecified atom stereocenters. The maximum Gasteiger partial charge on any atom is 0.256 e. The number of aryl methyl sites for hydroxylation is 1. The van der Waals surface area contributed by atoms with Gasteiger partial charge in [-0.3, -0.25) is 4.79 Å². The predicted molar refractivity (Wildman–Crippen MR) is 111 cm³/mol. The third-order valence-corrected chi connectivity index (χ3v) is 5.57. The highest BCUT2D eigenvalue weighted by molar-refractivity contribution is 7.98. The number of thioether (sulfide) groups is 1. The quantitative estimate of drug-likeness (QED) is 0.594. The molecule has 9 heteroatoms. The Labute approximate surface area is 173 Å². The molecule has 0 aromatic carbocycles. The first-order valence-electron chi connectivity index (χ1n) is 9.52. The van der Waals surface area contributed by atoms with Gasteiger partial charge < -0.3 is 14.3 Å². The van der Waals surface area contributed by atoms with Gasteiger partial charge in [-0.05, 0) is 30.5 Å². The molecule has 29 heavy (non-hydrogen) atoms. The second kappa shape index (κ2) is 8.60. The Morgan fingerprint density at radius 1 is 1.17 bits per heavy atom. The van der Waals surface area contributed by atoms with Crippen LogP contribution in [-0.2, 0) is 6.42 Å². The average Bonchev–Trinajstić information content (AvgIpc) is 3.28. The highest BCUT2D eigenvalue weighted by Gasteiger charge is 2.24. The molecular formula is C20H22N6O2S. The van der Waals surface area contributed by atoms with Crippen LogP contribution in [0, 0.1) is 0 Å². The molecule has 1 fully saturated rings. The minimum Gasteiger partial charge on any atom is -0.353 e. The molecule has 3 aromatic rings. The Morgan fingerprint density at radius 3 is 2.66 bits per heavy atom. The fraction of sp³-hybridized carbons (Fsp3) is 0.350. The maximum absolute atomic E-state index is 12.9. The van der Waals surface area contributed by atoms with Crippen molar-refractivity contribution in [2.75, 3.05) is 37.3 Å². The SMILES string of the molecule is CCc1nc(-c2ccc(N3CCN(C(=O)c4cccnc4SC)CC3)nc2)no1. The lowest BCUT2D eigenvalue weighted by Crippen LogP contribution is -2.49. The zero-order valence-electron chi connectivity index (χ0n) is 16.4. The van der Waals surface area contributed by atoms with E-state index in [1.165, 1.54) is 11.8 Å². The van der Waals surface area contributed by atoms with Crippen molar-refractivity contribution in [1.82, 2.24) is 25.0 Å². The first-order chi connectivity index (χ1) is 14.2. The van der Waals surface area contributed by atoms with Crippen LogP contribution in [0.2, 0.25) is 0 Å². The minimum atomic E-state index is 0.0363. The lowest BCUT2D eigenvalue weighted by molar-refractivity contribution is 0.0742. The summed E-state index contributed by atoms with van der Waals surface area (Å²) in [5.41, 5.74) is 1.50. The van der Waals surface area contributed by atoms with Crippen LogP contribution in [0.1, 0.15) is 23.2 Å². The van der Waals surface area contributed by atoms with Gasteiger partial charge in [0, 0.05) is 50.6 Å². The van der Waals surface area contributed by atoms with Crippen molar-refractivity contribution in [2.45, 2.75) is 18.4 Å². The molecule has 0 radical (unpaired) electrons. The standard InChI is InChI=1S/C20H22N6O2S/c1-3-17-23-18(24-28-17)14-6-7-16(22-13-14)25-9-11-26(12-10-25)20(27)15-5-4-8-21-19(15)29-2/h4-8,13H,3,9-12H2,1-2H3. The lowest BCUT2D eigenvalue weighted by Gasteiger charge is -2.35. The van der Waals surface area contributed by atoms with Gasteiger partial charge in [-0.2, -0.15) is 4.98 Å². The number of carbonyl (C=O) groups is 1. The predicted octanol–water partition coefficient (Wildman–Crippen LogP) is 2.77. The van der Waals surface area contributed by atoms with Gasteiger partial charge in [-0.1, -0.05) is 12.1 Å². The van der Waals surface area contributed by atoms with E-state index in [4.69, 9.17) is 4.52 Å². The number of piperazine rings is 1. The van der Waals surface area contributed by atoms with Crippen molar-refractivity contribution in [1.29, 1.82) is 0 Å². The third kappa shape index (κ3) is 4.09. The molecule has 8 nitrogen and oxygen atoms in total. The number of rotatable bonds is 5. The summed E-state index contributed by atoms with van der Waals surface area (Å²) in [6, 6.07) is 7.56. The van der Waals surface area contributed by atoms with Gasteiger partial charge in [0.25, 0.3) is 5.91 Å². The molecule has 1 amide bonds. The van der Waals surface area contributed by atoms with E-state index in [0.29, 0.717) is 36.8 Å². The van der Waals surface area contributed by atoms with E-state index in [1.54, 1.807) is 12.4 Å². The molecule has 3 aromatic heterocycles. The molecule has 0 N–H and O–H groups in total. The summed E-state index contributed by atoms with van der Waals surface area (Å²) in [7, 11) is 0. The molecule has 0 atom stereocenters. The molecule has 1 aliphatic rings. The normalized spacial score (nSPS) is 14.3. The van der Waals surface area contributed by atoms with Gasteiger partial charge in [-0.25, -0.2) is 9.97 Å². The second-order valence-electron chi connectivity index (χ2n) is 6.61. The number of pyridine rings is 2. The summed E-state index contributed by atoms with van der Waals surface area (Å²) in [4.78, 5) is 30.1. The summed E-state index contributed by atoms with van der Waals surface area (Å²) in [5.74, 6) is 2.08. The van der Waals surface area contributed by atoms with Crippen molar-refractivity contribution in [2.24, 2.45) is 0 Å². The Hall–Kier alpha value is -2.94. The fourth-order valence-corrected chi connectivity index (χ4v) is 3.79. The van der Waals surface area contributed by atoms with Gasteiger partial charge in [-0.15, -0.1) is 11.8 Å². The largest absolute Gasteiger partial charge is 0.353 e. The second-order valence-corrected chi connectivity index (χ2v) is 7.40. The van der Waals surface area contributed by atoms with Crippen molar-refractivity contribution in [3.05, 3.63) is 48.1 Å². The van der Waals surface area contributed by atoms with Crippen LogP contribution in [-0.4, -0.2) is 63.4 Å². The smallest absolute Gasteiger partial charge is 0.256 e. The Morgan fingerprint density at radius 2 is 2.00 bits per heavy atom. The molecule has 0 spiro atoms. The first kappa shape index (κ1) is 19.4. The van der Waals surface area contributed by atoms with Crippen LogP contribution in [0.3, 0.4) is 0 Å². The lowest BCUT2D eigenvalue weighted by atomic mass is 10.2. The molecular weight excluding hydrogens is 388 g/mol. The van der Waals surface area contributed by atoms with Crippen molar-refractivity contribution in [3.8, 4) is 11.4 Å². The van der Waals surface area contributed by atoms with Gasteiger partial charge in [0.05, 0.1) is 5.56 Å². The van der Waals surface area contributed by atoms with Crippen LogP contribution in [0.15, 0.2) is 46.2 Å². The molecule has 1 aliphatic heterocycles. The molecule has 0 aliphatic carbocycles. The summed E-state index contributed by atoms with van der Waals surface area (Å²) in [5, 5.41) is 4.75. The monoisotopic (exact) mass is 410 g/mol. The van der Waals surface area contributed by atoms with Crippen LogP contribution < -0.4 is 4.90 Å². The zero-order valence-corrected chi connectivity index (χ0v) is 17.2. The van der Waals surface area contributed by atoms with E-state index in [2.05, 4.69) is 25.0 Å². The van der Waals surface area contributed by atoms with Gasteiger partial charge in [0.2, 0.25) is 11.7 Å². The van der Waals surface area contributed by atoms with Crippen LogP contribution in [0.5, 0.6) is 0 Å². The topological polar surface area (TPSA) is 88.3 Å². The van der Waals surface area contributed by atoms with E-state index in [9.17, 15) is 4.79 Å². The van der Waals surface area contributed by atoms with Crippen LogP contribution in [0.4, 0.5) is 5.82 Å². The number of amides is 1. The number of nitrogens with zero attached hydrogens (tertiary/aromatic N) is 6. The molecule has 150 valence electrons. The first-order valence-corrected chi connectivity index (χ1v) is 10.7. The van der Waals surface area contributed by atoms with Crippen molar-refractivity contribution < 1.29 is 9.32 Å². The minimum absolute atomic E-state index is 0.0363. The molecule has 4 rings (SSSR count). The number of hydrogen-bond acceptors (Lipinski definition) is 8. The molecule has 1 saturated heterocycles. The molecule has 0 bridgehead atoms. The Kier molecular flexibility index (Phi) is 5.75. The summed E-state index contributed by atoms with van der Waals surface area (Å²) >= 11 is 1.49. The zero-order chi connectivity index (χ0) is 20.2. The van der Waals surface area contributed by atoms with E-state index >= 15 is 0 Å². The highest BCUT2D eigenvalue weighted by Crippen LogP contribution is 2.22. The summed E-state index contributed by atoms with van der Waals surface area (Å²) in [6.45, 7) is 4.73. The van der Waals surface area contributed by atoms with Gasteiger partial charge in [0.1, 0.15) is 10.8 Å².